The molecule has 5 nitrogen and oxygen atoms in total. The maximum Gasteiger partial charge on any atom is 0.331 e. The molecule has 0 saturated carbocycles. The SMILES string of the molecule is CCOC(=O)C=C(c1ccc(F)cc1)c1cc(OC)c(OC)c(OC)c1. The van der Waals surface area contributed by atoms with Gasteiger partial charge in [0.25, 0.3) is 0 Å². The van der Waals surface area contributed by atoms with Crippen LogP contribution < -0.4 is 14.2 Å². The van der Waals surface area contributed by atoms with Crippen molar-refractivity contribution >= 4 is 11.5 Å². The van der Waals surface area contributed by atoms with E-state index in [1.807, 2.05) is 0 Å². The zero-order valence-electron chi connectivity index (χ0n) is 15.2. The van der Waals surface area contributed by atoms with Crippen LogP contribution >= 0.6 is 0 Å². The third-order valence-corrected chi connectivity index (χ3v) is 3.68. The van der Waals surface area contributed by atoms with E-state index in [9.17, 15) is 9.18 Å². The maximum absolute atomic E-state index is 13.3. The van der Waals surface area contributed by atoms with Gasteiger partial charge in [0.1, 0.15) is 5.82 Å². The molecule has 2 aromatic rings. The first-order valence-corrected chi connectivity index (χ1v) is 7.98. The van der Waals surface area contributed by atoms with Crippen LogP contribution in [0.25, 0.3) is 5.57 Å². The number of rotatable bonds is 7. The predicted molar refractivity (Wildman–Crippen MR) is 96.2 cm³/mol. The van der Waals surface area contributed by atoms with E-state index in [0.717, 1.165) is 0 Å². The van der Waals surface area contributed by atoms with Gasteiger partial charge in [0.15, 0.2) is 11.5 Å². The molecule has 0 saturated heterocycles. The summed E-state index contributed by atoms with van der Waals surface area (Å²) in [6.07, 6.45) is 1.36. The second-order valence-electron chi connectivity index (χ2n) is 5.23. The molecule has 0 aromatic heterocycles. The van der Waals surface area contributed by atoms with Crippen molar-refractivity contribution < 1.29 is 28.1 Å². The average Bonchev–Trinajstić information content (AvgIpc) is 2.66. The van der Waals surface area contributed by atoms with Gasteiger partial charge in [-0.1, -0.05) is 12.1 Å². The normalized spacial score (nSPS) is 11.0. The summed E-state index contributed by atoms with van der Waals surface area (Å²) in [5.41, 5.74) is 1.83. The van der Waals surface area contributed by atoms with Crippen LogP contribution in [0.2, 0.25) is 0 Å². The third-order valence-electron chi connectivity index (χ3n) is 3.68. The predicted octanol–water partition coefficient (Wildman–Crippen LogP) is 3.85. The molecule has 2 aromatic carbocycles. The van der Waals surface area contributed by atoms with Crippen molar-refractivity contribution in [3.8, 4) is 17.2 Å². The Bertz CT molecular complexity index is 771. The van der Waals surface area contributed by atoms with Gasteiger partial charge < -0.3 is 18.9 Å². The Kier molecular flexibility index (Phi) is 6.60. The van der Waals surface area contributed by atoms with Gasteiger partial charge in [-0.2, -0.15) is 0 Å². The number of halogens is 1. The molecule has 0 fully saturated rings. The first-order chi connectivity index (χ1) is 12.5. The monoisotopic (exact) mass is 360 g/mol. The molecule has 138 valence electrons. The molecule has 0 aliphatic rings. The van der Waals surface area contributed by atoms with Crippen molar-refractivity contribution in [1.82, 2.24) is 0 Å². The molecular formula is C20H21FO5. The molecule has 0 aliphatic heterocycles. The highest BCUT2D eigenvalue weighted by atomic mass is 19.1. The largest absolute Gasteiger partial charge is 0.493 e. The molecule has 0 N–H and O–H groups in total. The van der Waals surface area contributed by atoms with E-state index in [4.69, 9.17) is 18.9 Å². The van der Waals surface area contributed by atoms with Crippen molar-refractivity contribution in [1.29, 1.82) is 0 Å². The first kappa shape index (κ1) is 19.3. The van der Waals surface area contributed by atoms with E-state index in [0.29, 0.717) is 33.9 Å². The molecule has 0 heterocycles. The Hall–Kier alpha value is -3.02. The second-order valence-corrected chi connectivity index (χ2v) is 5.23. The first-order valence-electron chi connectivity index (χ1n) is 7.98. The van der Waals surface area contributed by atoms with Crippen LogP contribution in [0, 0.1) is 5.82 Å². The maximum atomic E-state index is 13.3. The zero-order valence-corrected chi connectivity index (χ0v) is 15.2. The molecule has 0 amide bonds. The van der Waals surface area contributed by atoms with Gasteiger partial charge in [-0.15, -0.1) is 0 Å². The lowest BCUT2D eigenvalue weighted by atomic mass is 9.96. The highest BCUT2D eigenvalue weighted by molar-refractivity contribution is 5.96. The van der Waals surface area contributed by atoms with Gasteiger partial charge in [-0.25, -0.2) is 9.18 Å². The van der Waals surface area contributed by atoms with Crippen LogP contribution in [0.5, 0.6) is 17.2 Å². The lowest BCUT2D eigenvalue weighted by Crippen LogP contribution is -2.03. The number of carbonyl (C=O) groups is 1. The molecule has 0 unspecified atom stereocenters. The third kappa shape index (κ3) is 4.33. The Morgan fingerprint density at radius 1 is 0.962 bits per heavy atom. The Morgan fingerprint density at radius 3 is 2.00 bits per heavy atom. The number of benzene rings is 2. The number of methoxy groups -OCH3 is 3. The van der Waals surface area contributed by atoms with Crippen LogP contribution in [0.4, 0.5) is 4.39 Å². The molecule has 0 atom stereocenters. The smallest absolute Gasteiger partial charge is 0.331 e. The highest BCUT2D eigenvalue weighted by Crippen LogP contribution is 2.41. The molecule has 0 aliphatic carbocycles. The van der Waals surface area contributed by atoms with Crippen LogP contribution in [-0.4, -0.2) is 33.9 Å². The summed E-state index contributed by atoms with van der Waals surface area (Å²) in [5, 5.41) is 0. The minimum atomic E-state index is -0.499. The van der Waals surface area contributed by atoms with Crippen LogP contribution in [0.3, 0.4) is 0 Å². The summed E-state index contributed by atoms with van der Waals surface area (Å²) >= 11 is 0. The number of hydrogen-bond acceptors (Lipinski definition) is 5. The van der Waals surface area contributed by atoms with Crippen molar-refractivity contribution in [2.75, 3.05) is 27.9 Å². The number of esters is 1. The van der Waals surface area contributed by atoms with E-state index in [-0.39, 0.29) is 12.4 Å². The fraction of sp³-hybridized carbons (Fsp3) is 0.250. The summed E-state index contributed by atoms with van der Waals surface area (Å²) in [6.45, 7) is 1.98. The van der Waals surface area contributed by atoms with Crippen molar-refractivity contribution in [2.24, 2.45) is 0 Å². The zero-order chi connectivity index (χ0) is 19.1. The lowest BCUT2D eigenvalue weighted by molar-refractivity contribution is -0.137. The van der Waals surface area contributed by atoms with Crippen LogP contribution in [0.15, 0.2) is 42.5 Å². The second kappa shape index (κ2) is 8.89. The number of hydrogen-bond donors (Lipinski definition) is 0. The molecule has 0 spiro atoms. The van der Waals surface area contributed by atoms with Crippen molar-refractivity contribution in [3.05, 3.63) is 59.4 Å². The van der Waals surface area contributed by atoms with Gasteiger partial charge in [-0.3, -0.25) is 0 Å². The molecule has 6 heteroatoms. The van der Waals surface area contributed by atoms with Gasteiger partial charge in [0, 0.05) is 6.08 Å². The van der Waals surface area contributed by atoms with Gasteiger partial charge in [0.05, 0.1) is 27.9 Å². The van der Waals surface area contributed by atoms with E-state index in [1.54, 1.807) is 31.2 Å². The van der Waals surface area contributed by atoms with E-state index < -0.39 is 5.97 Å². The van der Waals surface area contributed by atoms with Gasteiger partial charge in [-0.05, 0) is 47.9 Å². The van der Waals surface area contributed by atoms with Gasteiger partial charge in [0.2, 0.25) is 5.75 Å². The summed E-state index contributed by atoms with van der Waals surface area (Å²) in [4.78, 5) is 12.0. The molecule has 0 bridgehead atoms. The molecular weight excluding hydrogens is 339 g/mol. The summed E-state index contributed by atoms with van der Waals surface area (Å²) < 4.78 is 34.4. The Balaban J connectivity index is 2.65. The Morgan fingerprint density at radius 2 is 1.54 bits per heavy atom. The molecule has 2 rings (SSSR count). The van der Waals surface area contributed by atoms with E-state index in [2.05, 4.69) is 0 Å². The fourth-order valence-electron chi connectivity index (χ4n) is 2.50. The minimum Gasteiger partial charge on any atom is -0.493 e. The van der Waals surface area contributed by atoms with E-state index in [1.165, 1.54) is 39.5 Å². The summed E-state index contributed by atoms with van der Waals surface area (Å²) in [5.74, 6) is 0.459. The Labute approximate surface area is 151 Å². The summed E-state index contributed by atoms with van der Waals surface area (Å²) in [6, 6.07) is 9.26. The quantitative estimate of drug-likeness (QED) is 0.555. The topological polar surface area (TPSA) is 54.0 Å². The van der Waals surface area contributed by atoms with Crippen LogP contribution in [0.1, 0.15) is 18.1 Å². The fourth-order valence-corrected chi connectivity index (χ4v) is 2.50. The summed E-state index contributed by atoms with van der Waals surface area (Å²) in [7, 11) is 4.52. The molecule has 26 heavy (non-hydrogen) atoms. The number of ether oxygens (including phenoxy) is 4. The van der Waals surface area contributed by atoms with E-state index >= 15 is 0 Å². The molecule has 0 radical (unpaired) electrons. The minimum absolute atomic E-state index is 0.251. The highest BCUT2D eigenvalue weighted by Gasteiger charge is 2.17. The van der Waals surface area contributed by atoms with Gasteiger partial charge >= 0.3 is 5.97 Å². The van der Waals surface area contributed by atoms with Crippen molar-refractivity contribution in [2.45, 2.75) is 6.92 Å². The standard InChI is InChI=1S/C20H21FO5/c1-5-26-19(22)12-16(13-6-8-15(21)9-7-13)14-10-17(23-2)20(25-4)18(11-14)24-3/h6-12H,5H2,1-4H3. The number of carbonyl (C=O) groups excluding carboxylic acids is 1. The average molecular weight is 360 g/mol. The van der Waals surface area contributed by atoms with Crippen LogP contribution in [-0.2, 0) is 9.53 Å². The lowest BCUT2D eigenvalue weighted by Gasteiger charge is -2.16. The van der Waals surface area contributed by atoms with Crippen molar-refractivity contribution in [3.63, 3.8) is 0 Å².